The minimum Gasteiger partial charge on any atom is -0.466 e. The van der Waals surface area contributed by atoms with Crippen molar-refractivity contribution >= 4 is 29.1 Å². The molecule has 0 saturated heterocycles. The number of aromatic amines is 1. The molecule has 1 aromatic carbocycles. The Labute approximate surface area is 205 Å². The summed E-state index contributed by atoms with van der Waals surface area (Å²) < 4.78 is 10.9. The van der Waals surface area contributed by atoms with Gasteiger partial charge in [0.1, 0.15) is 0 Å². The van der Waals surface area contributed by atoms with E-state index in [1.54, 1.807) is 19.9 Å². The van der Waals surface area contributed by atoms with Gasteiger partial charge in [-0.2, -0.15) is 15.4 Å². The first-order valence-corrected chi connectivity index (χ1v) is 11.6. The fraction of sp³-hybridized carbons (Fsp3) is 0.440. The first kappa shape index (κ1) is 27.3. The van der Waals surface area contributed by atoms with E-state index >= 15 is 0 Å². The topological polar surface area (TPSA) is 106 Å². The van der Waals surface area contributed by atoms with Gasteiger partial charge in [-0.15, -0.1) is 0 Å². The maximum absolute atomic E-state index is 12.8. The molecule has 0 fully saturated rings. The predicted molar refractivity (Wildman–Crippen MR) is 132 cm³/mol. The van der Waals surface area contributed by atoms with Crippen molar-refractivity contribution in [1.82, 2.24) is 20.7 Å². The van der Waals surface area contributed by atoms with Gasteiger partial charge in [-0.1, -0.05) is 42.4 Å². The summed E-state index contributed by atoms with van der Waals surface area (Å²) in [5.41, 5.74) is 2.24. The highest BCUT2D eigenvalue weighted by molar-refractivity contribution is 6.31. The number of hydrogen-bond donors (Lipinski definition) is 2. The second-order valence-corrected chi connectivity index (χ2v) is 8.81. The third-order valence-electron chi connectivity index (χ3n) is 5.34. The fourth-order valence-corrected chi connectivity index (χ4v) is 3.79. The molecule has 8 nitrogen and oxygen atoms in total. The van der Waals surface area contributed by atoms with E-state index in [2.05, 4.69) is 27.3 Å². The highest BCUT2D eigenvalue weighted by atomic mass is 35.5. The van der Waals surface area contributed by atoms with E-state index in [-0.39, 0.29) is 36.8 Å². The number of halogens is 1. The Hall–Kier alpha value is -2.97. The molecule has 184 valence electrons. The van der Waals surface area contributed by atoms with Gasteiger partial charge in [-0.05, 0) is 63.3 Å². The number of esters is 1. The standard InChI is InChI=1S/C25H33ClN4O4/c1-6-33-16-25(5,24(32)34-7-2)14-21(28-23(31)22-15-27-30-29-22)13-19-8-10-20(11-9-19)17(3)12-18(4)26/h8-12,15,21H,4,6-7,13-14,16H2,1-3,5H3,(H,28,31)(H,27,29,30). The molecule has 2 aromatic rings. The number of benzene rings is 1. The lowest BCUT2D eigenvalue weighted by Gasteiger charge is -2.31. The van der Waals surface area contributed by atoms with Gasteiger partial charge in [0.05, 0.1) is 24.8 Å². The lowest BCUT2D eigenvalue weighted by Crippen LogP contribution is -2.45. The van der Waals surface area contributed by atoms with Gasteiger partial charge in [-0.3, -0.25) is 9.59 Å². The van der Waals surface area contributed by atoms with Gasteiger partial charge in [0.15, 0.2) is 5.69 Å². The Morgan fingerprint density at radius 1 is 1.26 bits per heavy atom. The third kappa shape index (κ3) is 8.11. The maximum Gasteiger partial charge on any atom is 0.314 e. The Morgan fingerprint density at radius 3 is 2.53 bits per heavy atom. The largest absolute Gasteiger partial charge is 0.466 e. The van der Waals surface area contributed by atoms with Gasteiger partial charge in [-0.25, -0.2) is 0 Å². The highest BCUT2D eigenvalue weighted by Gasteiger charge is 2.38. The summed E-state index contributed by atoms with van der Waals surface area (Å²) in [6.07, 6.45) is 3.97. The zero-order valence-electron chi connectivity index (χ0n) is 20.2. The molecule has 0 aliphatic rings. The number of carbonyl (C=O) groups excluding carboxylic acids is 2. The second kappa shape index (κ2) is 13.1. The number of carbonyl (C=O) groups is 2. The number of ether oxygens (including phenoxy) is 2. The smallest absolute Gasteiger partial charge is 0.314 e. The van der Waals surface area contributed by atoms with Crippen LogP contribution >= 0.6 is 11.6 Å². The second-order valence-electron chi connectivity index (χ2n) is 8.32. The van der Waals surface area contributed by atoms with E-state index in [4.69, 9.17) is 21.1 Å². The van der Waals surface area contributed by atoms with Crippen molar-refractivity contribution in [3.63, 3.8) is 0 Å². The van der Waals surface area contributed by atoms with Crippen LogP contribution in [0.2, 0.25) is 0 Å². The minimum absolute atomic E-state index is 0.171. The van der Waals surface area contributed by atoms with Crippen LogP contribution in [0.4, 0.5) is 0 Å². The summed E-state index contributed by atoms with van der Waals surface area (Å²) in [6, 6.07) is 7.57. The third-order valence-corrected chi connectivity index (χ3v) is 5.45. The molecule has 0 bridgehead atoms. The number of rotatable bonds is 13. The summed E-state index contributed by atoms with van der Waals surface area (Å²) in [5.74, 6) is -0.737. The molecule has 2 rings (SSSR count). The monoisotopic (exact) mass is 488 g/mol. The maximum atomic E-state index is 12.8. The lowest BCUT2D eigenvalue weighted by molar-refractivity contribution is -0.159. The van der Waals surface area contributed by atoms with E-state index in [0.29, 0.717) is 24.5 Å². The van der Waals surface area contributed by atoms with Gasteiger partial charge in [0.25, 0.3) is 5.91 Å². The molecular formula is C25H33ClN4O4. The van der Waals surface area contributed by atoms with Crippen LogP contribution in [0.25, 0.3) is 5.57 Å². The zero-order valence-corrected chi connectivity index (χ0v) is 20.9. The first-order chi connectivity index (χ1) is 16.2. The number of allylic oxidation sites excluding steroid dienone is 3. The summed E-state index contributed by atoms with van der Waals surface area (Å²) in [4.78, 5) is 25.6. The molecule has 1 heterocycles. The van der Waals surface area contributed by atoms with Gasteiger partial charge in [0.2, 0.25) is 0 Å². The van der Waals surface area contributed by atoms with Crippen molar-refractivity contribution in [2.75, 3.05) is 19.8 Å². The minimum atomic E-state index is -0.937. The van der Waals surface area contributed by atoms with Crippen molar-refractivity contribution in [2.24, 2.45) is 5.41 Å². The first-order valence-electron chi connectivity index (χ1n) is 11.2. The molecule has 0 spiro atoms. The summed E-state index contributed by atoms with van der Waals surface area (Å²) in [5, 5.41) is 13.4. The number of aromatic nitrogens is 3. The van der Waals surface area contributed by atoms with E-state index in [1.165, 1.54) is 6.20 Å². The molecule has 0 saturated carbocycles. The van der Waals surface area contributed by atoms with Crippen molar-refractivity contribution in [3.05, 3.63) is 65.0 Å². The Balaban J connectivity index is 2.28. The van der Waals surface area contributed by atoms with Crippen LogP contribution in [0.1, 0.15) is 55.7 Å². The van der Waals surface area contributed by atoms with Crippen molar-refractivity contribution in [1.29, 1.82) is 0 Å². The molecule has 2 N–H and O–H groups in total. The molecule has 0 aliphatic heterocycles. The molecule has 2 unspecified atom stereocenters. The number of nitrogens with one attached hydrogen (secondary N) is 2. The Morgan fingerprint density at radius 2 is 1.97 bits per heavy atom. The number of nitrogens with zero attached hydrogens (tertiary/aromatic N) is 2. The van der Waals surface area contributed by atoms with Crippen molar-refractivity contribution < 1.29 is 19.1 Å². The molecule has 9 heteroatoms. The van der Waals surface area contributed by atoms with E-state index in [1.807, 2.05) is 38.1 Å². The van der Waals surface area contributed by atoms with E-state index in [9.17, 15) is 9.59 Å². The SMILES string of the molecule is C=C(Cl)C=C(C)c1ccc(CC(CC(C)(COCC)C(=O)OCC)NC(=O)c2cn[nH]n2)cc1. The van der Waals surface area contributed by atoms with E-state index in [0.717, 1.165) is 16.7 Å². The molecule has 34 heavy (non-hydrogen) atoms. The van der Waals surface area contributed by atoms with E-state index < -0.39 is 5.41 Å². The molecule has 0 radical (unpaired) electrons. The number of hydrogen-bond acceptors (Lipinski definition) is 6. The van der Waals surface area contributed by atoms with Crippen LogP contribution in [0, 0.1) is 5.41 Å². The molecule has 1 amide bonds. The molecular weight excluding hydrogens is 456 g/mol. The normalized spacial score (nSPS) is 14.2. The fourth-order valence-electron chi connectivity index (χ4n) is 3.63. The molecule has 0 aliphatic carbocycles. The van der Waals surface area contributed by atoms with Crippen LogP contribution in [0.5, 0.6) is 0 Å². The van der Waals surface area contributed by atoms with Crippen LogP contribution in [-0.2, 0) is 20.7 Å². The van der Waals surface area contributed by atoms with Crippen LogP contribution in [0.15, 0.2) is 48.1 Å². The number of H-pyrrole nitrogens is 1. The highest BCUT2D eigenvalue weighted by Crippen LogP contribution is 2.28. The average molecular weight is 489 g/mol. The quantitative estimate of drug-likeness (QED) is 0.321. The van der Waals surface area contributed by atoms with Gasteiger partial charge >= 0.3 is 5.97 Å². The Bertz CT molecular complexity index is 989. The Kier molecular flexibility index (Phi) is 10.5. The average Bonchev–Trinajstić information content (AvgIpc) is 3.33. The van der Waals surface area contributed by atoms with Crippen molar-refractivity contribution in [3.8, 4) is 0 Å². The predicted octanol–water partition coefficient (Wildman–Crippen LogP) is 4.30. The summed E-state index contributed by atoms with van der Waals surface area (Å²) >= 11 is 5.89. The van der Waals surface area contributed by atoms with Gasteiger partial charge in [0, 0.05) is 17.7 Å². The summed E-state index contributed by atoms with van der Waals surface area (Å²) in [7, 11) is 0. The van der Waals surface area contributed by atoms with Crippen LogP contribution < -0.4 is 5.32 Å². The molecule has 2 atom stereocenters. The lowest BCUT2D eigenvalue weighted by atomic mass is 9.82. The zero-order chi connectivity index (χ0) is 25.1. The van der Waals surface area contributed by atoms with Crippen LogP contribution in [0.3, 0.4) is 0 Å². The number of amides is 1. The van der Waals surface area contributed by atoms with Crippen molar-refractivity contribution in [2.45, 2.75) is 46.6 Å². The van der Waals surface area contributed by atoms with Gasteiger partial charge < -0.3 is 14.8 Å². The summed E-state index contributed by atoms with van der Waals surface area (Å²) in [6.45, 7) is 12.0. The molecule has 1 aromatic heterocycles. The van der Waals surface area contributed by atoms with Crippen LogP contribution in [-0.4, -0.2) is 53.1 Å².